The first kappa shape index (κ1) is 15.3. The highest BCUT2D eigenvalue weighted by molar-refractivity contribution is 6.28. The lowest BCUT2D eigenvalue weighted by Gasteiger charge is -2.35. The summed E-state index contributed by atoms with van der Waals surface area (Å²) in [6.45, 7) is 6.17. The molecule has 1 rings (SSSR count). The van der Waals surface area contributed by atoms with Crippen LogP contribution in [-0.2, 0) is 9.53 Å². The molecule has 7 nitrogen and oxygen atoms in total. The van der Waals surface area contributed by atoms with E-state index in [1.165, 1.54) is 0 Å². The molecule has 106 valence electrons. The molecule has 0 aromatic heterocycles. The van der Waals surface area contributed by atoms with E-state index in [4.69, 9.17) is 10.3 Å². The highest BCUT2D eigenvalue weighted by Crippen LogP contribution is 2.34. The minimum atomic E-state index is -1.17. The average molecular weight is 269 g/mol. The van der Waals surface area contributed by atoms with E-state index in [0.29, 0.717) is 18.3 Å². The van der Waals surface area contributed by atoms with E-state index in [-0.39, 0.29) is 12.0 Å². The standard InChI is InChI=1S/C12H19N3O4/c1-7(2)9-5-4-8(3)10(6-9)19-12(16)11(14-13)15(17)18/h7-10H,4-6H2,1-3H3/t8-,9-,10+/m0/s1. The number of amidine groups is 1. The second-order valence-electron chi connectivity index (χ2n) is 5.42. The number of rotatable bonds is 2. The smallest absolute Gasteiger partial charge is 0.448 e. The number of nitro groups is 1. The third kappa shape index (κ3) is 3.86. The van der Waals surface area contributed by atoms with Crippen molar-refractivity contribution in [3.05, 3.63) is 15.6 Å². The van der Waals surface area contributed by atoms with Crippen LogP contribution in [0.25, 0.3) is 5.53 Å². The molecule has 0 N–H and O–H groups in total. The molecule has 0 aromatic rings. The Labute approximate surface area is 111 Å². The van der Waals surface area contributed by atoms with Gasteiger partial charge in [0.1, 0.15) is 6.10 Å². The fourth-order valence-electron chi connectivity index (χ4n) is 2.42. The zero-order valence-electron chi connectivity index (χ0n) is 11.4. The van der Waals surface area contributed by atoms with Crippen molar-refractivity contribution in [2.75, 3.05) is 0 Å². The Morgan fingerprint density at radius 2 is 2.11 bits per heavy atom. The number of carbonyl (C=O) groups excluding carboxylic acids is 1. The maximum absolute atomic E-state index is 11.6. The number of hydrogen-bond donors (Lipinski definition) is 0. The zero-order chi connectivity index (χ0) is 14.6. The van der Waals surface area contributed by atoms with Crippen LogP contribution >= 0.6 is 0 Å². The number of ether oxygens (including phenoxy) is 1. The molecule has 3 atom stereocenters. The van der Waals surface area contributed by atoms with E-state index in [2.05, 4.69) is 18.6 Å². The Kier molecular flexibility index (Phi) is 5.18. The second-order valence-corrected chi connectivity index (χ2v) is 5.42. The van der Waals surface area contributed by atoms with Crippen molar-refractivity contribution in [3.63, 3.8) is 0 Å². The number of carbonyl (C=O) groups is 1. The largest absolute Gasteiger partial charge is 0.690 e. The Morgan fingerprint density at radius 3 is 2.58 bits per heavy atom. The van der Waals surface area contributed by atoms with Crippen molar-refractivity contribution in [3.8, 4) is 0 Å². The Bertz CT molecular complexity index is 415. The highest BCUT2D eigenvalue weighted by atomic mass is 16.6. The van der Waals surface area contributed by atoms with E-state index in [1.807, 2.05) is 6.92 Å². The molecule has 1 aliphatic carbocycles. The van der Waals surface area contributed by atoms with Crippen LogP contribution in [0, 0.1) is 27.9 Å². The van der Waals surface area contributed by atoms with Crippen LogP contribution in [0.5, 0.6) is 0 Å². The van der Waals surface area contributed by atoms with E-state index in [0.717, 1.165) is 12.8 Å². The summed E-state index contributed by atoms with van der Waals surface area (Å²) >= 11 is 0. The minimum absolute atomic E-state index is 0.158. The van der Waals surface area contributed by atoms with Crippen molar-refractivity contribution >= 4 is 11.8 Å². The van der Waals surface area contributed by atoms with Gasteiger partial charge in [0.05, 0.1) is 0 Å². The molecule has 0 spiro atoms. The fraction of sp³-hybridized carbons (Fsp3) is 0.833. The molecule has 0 unspecified atom stereocenters. The van der Waals surface area contributed by atoms with Gasteiger partial charge in [-0.1, -0.05) is 25.6 Å². The van der Waals surface area contributed by atoms with E-state index in [9.17, 15) is 14.9 Å². The zero-order valence-corrected chi connectivity index (χ0v) is 11.4. The van der Waals surface area contributed by atoms with Crippen LogP contribution in [0.3, 0.4) is 0 Å². The third-order valence-corrected chi connectivity index (χ3v) is 3.81. The molecule has 1 saturated carbocycles. The summed E-state index contributed by atoms with van der Waals surface area (Å²) in [6, 6.07) is 0. The van der Waals surface area contributed by atoms with Gasteiger partial charge in [0.25, 0.3) is 0 Å². The van der Waals surface area contributed by atoms with Gasteiger partial charge in [0, 0.05) is 0 Å². The molecule has 0 bridgehead atoms. The topological polar surface area (TPSA) is 106 Å². The van der Waals surface area contributed by atoms with Crippen LogP contribution in [0.2, 0.25) is 0 Å². The summed E-state index contributed by atoms with van der Waals surface area (Å²) in [5.41, 5.74) is 8.45. The van der Waals surface area contributed by atoms with Crippen molar-refractivity contribution < 1.29 is 19.2 Å². The quantitative estimate of drug-likeness (QED) is 0.145. The van der Waals surface area contributed by atoms with Gasteiger partial charge in [-0.2, -0.15) is 0 Å². The molecule has 0 aliphatic heterocycles. The van der Waals surface area contributed by atoms with Crippen LogP contribution in [-0.4, -0.2) is 27.6 Å². The Morgan fingerprint density at radius 1 is 1.47 bits per heavy atom. The first-order valence-corrected chi connectivity index (χ1v) is 6.44. The van der Waals surface area contributed by atoms with E-state index in [1.54, 1.807) is 0 Å². The van der Waals surface area contributed by atoms with Crippen molar-refractivity contribution in [1.29, 1.82) is 0 Å². The summed E-state index contributed by atoms with van der Waals surface area (Å²) in [7, 11) is 0. The van der Waals surface area contributed by atoms with Gasteiger partial charge in [-0.25, -0.2) is 4.79 Å². The molecule has 19 heavy (non-hydrogen) atoms. The lowest BCUT2D eigenvalue weighted by molar-refractivity contribution is -0.384. The normalized spacial score (nSPS) is 26.6. The fourth-order valence-corrected chi connectivity index (χ4v) is 2.42. The molecule has 0 heterocycles. The predicted molar refractivity (Wildman–Crippen MR) is 66.8 cm³/mol. The summed E-state index contributed by atoms with van der Waals surface area (Å²) in [5, 5.41) is 10.5. The van der Waals surface area contributed by atoms with E-state index >= 15 is 0 Å². The minimum Gasteiger partial charge on any atom is -0.448 e. The molecule has 1 aliphatic rings. The molecule has 0 saturated heterocycles. The molecule has 0 amide bonds. The highest BCUT2D eigenvalue weighted by Gasteiger charge is 2.41. The predicted octanol–water partition coefficient (Wildman–Crippen LogP) is 1.90. The molecule has 0 radical (unpaired) electrons. The summed E-state index contributed by atoms with van der Waals surface area (Å²) in [5.74, 6) is -1.26. The lowest BCUT2D eigenvalue weighted by Crippen LogP contribution is -2.37. The van der Waals surface area contributed by atoms with Crippen molar-refractivity contribution in [2.24, 2.45) is 17.8 Å². The van der Waals surface area contributed by atoms with Crippen LogP contribution in [0.15, 0.2) is 0 Å². The summed E-state index contributed by atoms with van der Waals surface area (Å²) in [4.78, 5) is 23.4. The molecule has 0 aromatic carbocycles. The van der Waals surface area contributed by atoms with Crippen LogP contribution in [0.1, 0.15) is 40.0 Å². The Hall–Kier alpha value is -1.75. The van der Waals surface area contributed by atoms with Gasteiger partial charge >= 0.3 is 11.8 Å². The van der Waals surface area contributed by atoms with Gasteiger partial charge in [0.15, 0.2) is 4.92 Å². The third-order valence-electron chi connectivity index (χ3n) is 3.81. The molecule has 1 fully saturated rings. The van der Waals surface area contributed by atoms with Crippen LogP contribution in [0.4, 0.5) is 0 Å². The van der Waals surface area contributed by atoms with Crippen molar-refractivity contribution in [1.82, 2.24) is 0 Å². The van der Waals surface area contributed by atoms with Gasteiger partial charge in [-0.15, -0.1) is 0 Å². The van der Waals surface area contributed by atoms with Crippen LogP contribution < -0.4 is 0 Å². The number of esters is 1. The average Bonchev–Trinajstić information content (AvgIpc) is 2.31. The first-order valence-electron chi connectivity index (χ1n) is 6.44. The number of hydrogen-bond acceptors (Lipinski definition) is 4. The van der Waals surface area contributed by atoms with Gasteiger partial charge in [0.2, 0.25) is 0 Å². The van der Waals surface area contributed by atoms with E-state index < -0.39 is 16.7 Å². The Balaban J connectivity index is 2.71. The maximum Gasteiger partial charge on any atom is 0.690 e. The van der Waals surface area contributed by atoms with Gasteiger partial charge < -0.3 is 10.3 Å². The summed E-state index contributed by atoms with van der Waals surface area (Å²) in [6.07, 6.45) is 2.33. The monoisotopic (exact) mass is 269 g/mol. The summed E-state index contributed by atoms with van der Waals surface area (Å²) < 4.78 is 5.13. The van der Waals surface area contributed by atoms with Crippen molar-refractivity contribution in [2.45, 2.75) is 46.1 Å². The number of nitrogens with zero attached hydrogens (tertiary/aromatic N) is 3. The second kappa shape index (κ2) is 6.43. The maximum atomic E-state index is 11.6. The SMILES string of the molecule is CC(C)[C@H]1CC[C@H](C)[C@H](OC(=O)C(=[N+]=[N-])[N+](=O)[O-])C1. The van der Waals surface area contributed by atoms with Gasteiger partial charge in [-0.3, -0.25) is 10.1 Å². The van der Waals surface area contributed by atoms with Gasteiger partial charge in [-0.05, 0) is 37.0 Å². The molecule has 7 heteroatoms. The molecular weight excluding hydrogens is 250 g/mol. The molecular formula is C12H19N3O4. The lowest BCUT2D eigenvalue weighted by atomic mass is 9.76. The first-order chi connectivity index (χ1) is 8.86.